The molecule has 1 aromatic carbocycles. The number of benzene rings is 1. The van der Waals surface area contributed by atoms with Gasteiger partial charge in [-0.05, 0) is 42.8 Å². The normalized spacial score (nSPS) is 17.7. The van der Waals surface area contributed by atoms with Gasteiger partial charge < -0.3 is 15.1 Å². The topological polar surface area (TPSA) is 76.5 Å². The number of rotatable bonds is 3. The van der Waals surface area contributed by atoms with E-state index in [0.29, 0.717) is 30.8 Å². The molecule has 0 saturated carbocycles. The molecule has 1 fully saturated rings. The van der Waals surface area contributed by atoms with Crippen molar-refractivity contribution in [2.75, 3.05) is 13.1 Å². The largest absolute Gasteiger partial charge is 0.451 e. The molecule has 6 heteroatoms. The predicted octanol–water partition coefficient (Wildman–Crippen LogP) is 2.03. The number of hydrogen-bond donors (Lipinski definition) is 1. The van der Waals surface area contributed by atoms with E-state index in [-0.39, 0.29) is 29.3 Å². The summed E-state index contributed by atoms with van der Waals surface area (Å²) < 4.78 is 18.5. The zero-order valence-corrected chi connectivity index (χ0v) is 11.8. The molecule has 1 aliphatic heterocycles. The number of carbonyl (C=O) groups is 2. The van der Waals surface area contributed by atoms with Crippen molar-refractivity contribution in [2.24, 2.45) is 11.7 Å². The Kier molecular flexibility index (Phi) is 3.66. The summed E-state index contributed by atoms with van der Waals surface area (Å²) in [5, 5.41) is 0. The number of nitrogens with two attached hydrogens (primary N) is 1. The van der Waals surface area contributed by atoms with Crippen LogP contribution in [-0.4, -0.2) is 29.8 Å². The van der Waals surface area contributed by atoms with Gasteiger partial charge in [0, 0.05) is 18.7 Å². The van der Waals surface area contributed by atoms with E-state index in [2.05, 4.69) is 0 Å². The van der Waals surface area contributed by atoms with E-state index in [1.165, 1.54) is 12.1 Å². The molecule has 1 aliphatic rings. The van der Waals surface area contributed by atoms with Gasteiger partial charge in [-0.15, -0.1) is 0 Å². The van der Waals surface area contributed by atoms with Gasteiger partial charge in [-0.25, -0.2) is 4.39 Å². The number of primary amides is 1. The van der Waals surface area contributed by atoms with Crippen molar-refractivity contribution in [3.63, 3.8) is 0 Å². The van der Waals surface area contributed by atoms with E-state index in [1.807, 2.05) is 0 Å². The Bertz CT molecular complexity index is 708. The van der Waals surface area contributed by atoms with Gasteiger partial charge in [0.1, 0.15) is 11.6 Å². The molecule has 0 bridgehead atoms. The van der Waals surface area contributed by atoms with Gasteiger partial charge in [-0.1, -0.05) is 0 Å². The number of furan rings is 1. The quantitative estimate of drug-likeness (QED) is 0.942. The predicted molar refractivity (Wildman–Crippen MR) is 77.3 cm³/mol. The van der Waals surface area contributed by atoms with Gasteiger partial charge in [0.05, 0.1) is 5.92 Å². The molecule has 2 amide bonds. The summed E-state index contributed by atoms with van der Waals surface area (Å²) in [5.41, 5.74) is 5.95. The highest BCUT2D eigenvalue weighted by atomic mass is 19.1. The number of carbonyl (C=O) groups excluding carboxylic acids is 2. The Morgan fingerprint density at radius 2 is 1.91 bits per heavy atom. The molecule has 1 atom stereocenters. The van der Waals surface area contributed by atoms with Crippen LogP contribution in [0.4, 0.5) is 4.39 Å². The van der Waals surface area contributed by atoms with Crippen molar-refractivity contribution in [3.8, 4) is 11.3 Å². The molecule has 5 nitrogen and oxygen atoms in total. The maximum absolute atomic E-state index is 12.9. The smallest absolute Gasteiger partial charge is 0.289 e. The monoisotopic (exact) mass is 302 g/mol. The Balaban J connectivity index is 1.75. The van der Waals surface area contributed by atoms with E-state index in [0.717, 1.165) is 0 Å². The summed E-state index contributed by atoms with van der Waals surface area (Å²) in [4.78, 5) is 25.0. The van der Waals surface area contributed by atoms with E-state index in [9.17, 15) is 14.0 Å². The lowest BCUT2D eigenvalue weighted by Crippen LogP contribution is -2.31. The molecule has 1 aromatic heterocycles. The van der Waals surface area contributed by atoms with Crippen LogP contribution < -0.4 is 5.73 Å². The molecule has 2 aromatic rings. The maximum Gasteiger partial charge on any atom is 0.289 e. The number of hydrogen-bond acceptors (Lipinski definition) is 3. The van der Waals surface area contributed by atoms with Gasteiger partial charge in [0.25, 0.3) is 5.91 Å². The molecule has 114 valence electrons. The van der Waals surface area contributed by atoms with Crippen LogP contribution >= 0.6 is 0 Å². The third-order valence-corrected chi connectivity index (χ3v) is 3.82. The highest BCUT2D eigenvalue weighted by Crippen LogP contribution is 2.25. The van der Waals surface area contributed by atoms with Gasteiger partial charge in [-0.2, -0.15) is 0 Å². The van der Waals surface area contributed by atoms with Crippen LogP contribution in [0.25, 0.3) is 11.3 Å². The Labute approximate surface area is 126 Å². The fourth-order valence-electron chi connectivity index (χ4n) is 2.55. The van der Waals surface area contributed by atoms with Gasteiger partial charge in [0.15, 0.2) is 5.76 Å². The Morgan fingerprint density at radius 1 is 1.18 bits per heavy atom. The van der Waals surface area contributed by atoms with Crippen LogP contribution in [-0.2, 0) is 4.79 Å². The summed E-state index contributed by atoms with van der Waals surface area (Å²) in [6.07, 6.45) is 0.576. The summed E-state index contributed by atoms with van der Waals surface area (Å²) in [6.45, 7) is 0.805. The number of nitrogens with zero attached hydrogens (tertiary/aromatic N) is 1. The van der Waals surface area contributed by atoms with Crippen LogP contribution in [0.3, 0.4) is 0 Å². The fourth-order valence-corrected chi connectivity index (χ4v) is 2.55. The first kappa shape index (κ1) is 14.3. The molecule has 0 radical (unpaired) electrons. The first-order valence-electron chi connectivity index (χ1n) is 6.99. The molecule has 3 rings (SSSR count). The minimum atomic E-state index is -0.387. The third-order valence-electron chi connectivity index (χ3n) is 3.82. The van der Waals surface area contributed by atoms with Crippen LogP contribution in [0, 0.1) is 11.7 Å². The molecule has 0 unspecified atom stereocenters. The lowest BCUT2D eigenvalue weighted by Gasteiger charge is -2.13. The van der Waals surface area contributed by atoms with Crippen LogP contribution in [0.15, 0.2) is 40.8 Å². The summed E-state index contributed by atoms with van der Waals surface area (Å²) in [6, 6.07) is 9.08. The van der Waals surface area contributed by atoms with Crippen molar-refractivity contribution in [2.45, 2.75) is 6.42 Å². The van der Waals surface area contributed by atoms with E-state index < -0.39 is 0 Å². The second-order valence-electron chi connectivity index (χ2n) is 5.31. The molecule has 0 aliphatic carbocycles. The number of halogens is 1. The van der Waals surface area contributed by atoms with Crippen LogP contribution in [0.2, 0.25) is 0 Å². The van der Waals surface area contributed by atoms with Crippen molar-refractivity contribution < 1.29 is 18.4 Å². The van der Waals surface area contributed by atoms with Gasteiger partial charge >= 0.3 is 0 Å². The maximum atomic E-state index is 12.9. The van der Waals surface area contributed by atoms with Gasteiger partial charge in [-0.3, -0.25) is 9.59 Å². The lowest BCUT2D eigenvalue weighted by molar-refractivity contribution is -0.121. The standard InChI is InChI=1S/C16H15FN2O3/c17-12-3-1-10(2-4-12)13-5-6-14(22-13)16(21)19-8-7-11(9-19)15(18)20/h1-6,11H,7-9H2,(H2,18,20)/t11-/m1/s1. The minimum Gasteiger partial charge on any atom is -0.451 e. The zero-order valence-electron chi connectivity index (χ0n) is 11.8. The molecular weight excluding hydrogens is 287 g/mol. The van der Waals surface area contributed by atoms with E-state index in [4.69, 9.17) is 10.2 Å². The first-order valence-corrected chi connectivity index (χ1v) is 6.99. The Hall–Kier alpha value is -2.63. The second-order valence-corrected chi connectivity index (χ2v) is 5.31. The number of likely N-dealkylation sites (tertiary alicyclic amines) is 1. The van der Waals surface area contributed by atoms with Crippen LogP contribution in [0.1, 0.15) is 17.0 Å². The average Bonchev–Trinajstić information content (AvgIpc) is 3.17. The first-order chi connectivity index (χ1) is 10.5. The molecule has 2 N–H and O–H groups in total. The zero-order chi connectivity index (χ0) is 15.7. The van der Waals surface area contributed by atoms with E-state index in [1.54, 1.807) is 29.2 Å². The molecule has 1 saturated heterocycles. The third kappa shape index (κ3) is 2.72. The van der Waals surface area contributed by atoms with Crippen molar-refractivity contribution in [1.29, 1.82) is 0 Å². The van der Waals surface area contributed by atoms with Crippen molar-refractivity contribution in [1.82, 2.24) is 4.90 Å². The molecule has 0 spiro atoms. The molecule has 22 heavy (non-hydrogen) atoms. The minimum absolute atomic E-state index is 0.199. The van der Waals surface area contributed by atoms with Crippen LogP contribution in [0.5, 0.6) is 0 Å². The SMILES string of the molecule is NC(=O)[C@@H]1CCN(C(=O)c2ccc(-c3ccc(F)cc3)o2)C1. The van der Waals surface area contributed by atoms with Crippen molar-refractivity contribution >= 4 is 11.8 Å². The average molecular weight is 302 g/mol. The van der Waals surface area contributed by atoms with Crippen molar-refractivity contribution in [3.05, 3.63) is 48.0 Å². The highest BCUT2D eigenvalue weighted by Gasteiger charge is 2.31. The molecule has 2 heterocycles. The lowest BCUT2D eigenvalue weighted by atomic mass is 10.1. The summed E-state index contributed by atoms with van der Waals surface area (Å²) >= 11 is 0. The molecular formula is C16H15FN2O3. The summed E-state index contributed by atoms with van der Waals surface area (Å²) in [7, 11) is 0. The van der Waals surface area contributed by atoms with Gasteiger partial charge in [0.2, 0.25) is 5.91 Å². The fraction of sp³-hybridized carbons (Fsp3) is 0.250. The highest BCUT2D eigenvalue weighted by molar-refractivity contribution is 5.93. The van der Waals surface area contributed by atoms with E-state index >= 15 is 0 Å². The Morgan fingerprint density at radius 3 is 2.55 bits per heavy atom. The summed E-state index contributed by atoms with van der Waals surface area (Å²) in [5.74, 6) is -0.589. The second kappa shape index (κ2) is 5.63. The number of amides is 2.